The highest BCUT2D eigenvalue weighted by molar-refractivity contribution is 5.82. The molecule has 1 rings (SSSR count). The van der Waals surface area contributed by atoms with Crippen LogP contribution in [0.1, 0.15) is 19.0 Å². The first-order valence-corrected chi connectivity index (χ1v) is 6.19. The lowest BCUT2D eigenvalue weighted by Crippen LogP contribution is -2.46. The fourth-order valence-electron chi connectivity index (χ4n) is 1.53. The zero-order valence-electron chi connectivity index (χ0n) is 11.2. The Bertz CT molecular complexity index is 422. The molecule has 1 atom stereocenters. The molecule has 1 aromatic heterocycles. The minimum atomic E-state index is -1.02. The molecule has 0 aliphatic carbocycles. The molecule has 2 N–H and O–H groups in total. The van der Waals surface area contributed by atoms with Crippen LogP contribution in [-0.4, -0.2) is 46.6 Å². The van der Waals surface area contributed by atoms with E-state index in [2.05, 4.69) is 10.3 Å². The predicted octanol–water partition coefficient (Wildman–Crippen LogP) is 1.13. The summed E-state index contributed by atoms with van der Waals surface area (Å²) in [5.41, 5.74) is 0.896. The lowest BCUT2D eigenvalue weighted by molar-refractivity contribution is -0.139. The number of hydrogen-bond donors (Lipinski definition) is 2. The fourth-order valence-corrected chi connectivity index (χ4v) is 1.53. The van der Waals surface area contributed by atoms with Crippen LogP contribution in [0.15, 0.2) is 24.4 Å². The third-order valence-electron chi connectivity index (χ3n) is 2.78. The minimum absolute atomic E-state index is 0.356. The Morgan fingerprint density at radius 3 is 2.74 bits per heavy atom. The number of hydrogen-bond acceptors (Lipinski definition) is 3. The maximum absolute atomic E-state index is 11.8. The number of amides is 2. The molecule has 6 nitrogen and oxygen atoms in total. The molecule has 0 radical (unpaired) electrons. The Hall–Kier alpha value is -2.11. The number of nitrogens with zero attached hydrogens (tertiary/aromatic N) is 2. The molecule has 0 unspecified atom stereocenters. The summed E-state index contributed by atoms with van der Waals surface area (Å²) in [5, 5.41) is 11.3. The monoisotopic (exact) mass is 265 g/mol. The molecule has 0 spiro atoms. The van der Waals surface area contributed by atoms with E-state index in [0.29, 0.717) is 19.4 Å². The second-order valence-electron chi connectivity index (χ2n) is 4.24. The molecule has 1 heterocycles. The molecule has 19 heavy (non-hydrogen) atoms. The molecule has 104 valence electrons. The average molecular weight is 265 g/mol. The van der Waals surface area contributed by atoms with E-state index in [1.54, 1.807) is 20.2 Å². The van der Waals surface area contributed by atoms with Gasteiger partial charge in [0.25, 0.3) is 0 Å². The van der Waals surface area contributed by atoms with Crippen molar-refractivity contribution in [3.63, 3.8) is 0 Å². The summed E-state index contributed by atoms with van der Waals surface area (Å²) in [6.45, 7) is 2.20. The van der Waals surface area contributed by atoms with Crippen LogP contribution in [0.5, 0.6) is 0 Å². The number of carboxylic acids is 1. The number of aliphatic carboxylic acids is 1. The lowest BCUT2D eigenvalue weighted by Gasteiger charge is -2.20. The summed E-state index contributed by atoms with van der Waals surface area (Å²) in [7, 11) is 1.63. The van der Waals surface area contributed by atoms with E-state index in [1.807, 2.05) is 18.2 Å². The number of pyridine rings is 1. The first-order chi connectivity index (χ1) is 9.04. The summed E-state index contributed by atoms with van der Waals surface area (Å²) in [4.78, 5) is 28.2. The molecule has 0 saturated heterocycles. The standard InChI is InChI=1S/C13H19N3O3/c1-3-11(12(17)18)15-13(19)16(2)9-7-10-6-4-5-8-14-10/h4-6,8,11H,3,7,9H2,1-2H3,(H,15,19)(H,17,18)/t11-/m0/s1. The van der Waals surface area contributed by atoms with E-state index < -0.39 is 12.0 Å². The van der Waals surface area contributed by atoms with E-state index in [0.717, 1.165) is 5.69 Å². The quantitative estimate of drug-likeness (QED) is 0.807. The third kappa shape index (κ3) is 4.95. The lowest BCUT2D eigenvalue weighted by atomic mass is 10.2. The van der Waals surface area contributed by atoms with Gasteiger partial charge in [0, 0.05) is 31.9 Å². The van der Waals surface area contributed by atoms with Crippen molar-refractivity contribution in [1.82, 2.24) is 15.2 Å². The van der Waals surface area contributed by atoms with Crippen molar-refractivity contribution in [2.45, 2.75) is 25.8 Å². The van der Waals surface area contributed by atoms with Crippen LogP contribution in [-0.2, 0) is 11.2 Å². The molecule has 0 aliphatic rings. The molecule has 2 amide bonds. The number of urea groups is 1. The SMILES string of the molecule is CC[C@H](NC(=O)N(C)CCc1ccccn1)C(=O)O. The second kappa shape index (κ2) is 7.35. The van der Waals surface area contributed by atoms with Crippen LogP contribution >= 0.6 is 0 Å². The van der Waals surface area contributed by atoms with Gasteiger partial charge >= 0.3 is 12.0 Å². The number of carboxylic acid groups (broad SMARTS) is 1. The molecule has 0 bridgehead atoms. The first-order valence-electron chi connectivity index (χ1n) is 6.19. The fraction of sp³-hybridized carbons (Fsp3) is 0.462. The highest BCUT2D eigenvalue weighted by Gasteiger charge is 2.19. The smallest absolute Gasteiger partial charge is 0.326 e. The number of likely N-dealkylation sites (N-methyl/N-ethyl adjacent to an activating group) is 1. The average Bonchev–Trinajstić information content (AvgIpc) is 2.42. The summed E-state index contributed by atoms with van der Waals surface area (Å²) in [5.74, 6) is -1.02. The van der Waals surface area contributed by atoms with Gasteiger partial charge in [-0.1, -0.05) is 13.0 Å². The van der Waals surface area contributed by atoms with Gasteiger partial charge in [-0.15, -0.1) is 0 Å². The van der Waals surface area contributed by atoms with Crippen molar-refractivity contribution >= 4 is 12.0 Å². The molecule has 1 aromatic rings. The van der Waals surface area contributed by atoms with Gasteiger partial charge in [0.1, 0.15) is 6.04 Å². The van der Waals surface area contributed by atoms with Crippen LogP contribution in [0, 0.1) is 0 Å². The Labute approximate surface area is 112 Å². The Kier molecular flexibility index (Phi) is 5.78. The van der Waals surface area contributed by atoms with Crippen molar-refractivity contribution < 1.29 is 14.7 Å². The summed E-state index contributed by atoms with van der Waals surface area (Å²) < 4.78 is 0. The van der Waals surface area contributed by atoms with Gasteiger partial charge in [-0.2, -0.15) is 0 Å². The van der Waals surface area contributed by atoms with Gasteiger partial charge in [-0.3, -0.25) is 4.98 Å². The summed E-state index contributed by atoms with van der Waals surface area (Å²) in [6, 6.07) is 4.38. The molecular formula is C13H19N3O3. The van der Waals surface area contributed by atoms with E-state index in [9.17, 15) is 9.59 Å². The number of aromatic nitrogens is 1. The number of carbonyl (C=O) groups is 2. The maximum Gasteiger partial charge on any atom is 0.326 e. The number of rotatable bonds is 6. The van der Waals surface area contributed by atoms with Crippen molar-refractivity contribution in [1.29, 1.82) is 0 Å². The van der Waals surface area contributed by atoms with Crippen molar-refractivity contribution in [3.05, 3.63) is 30.1 Å². The zero-order valence-corrected chi connectivity index (χ0v) is 11.2. The van der Waals surface area contributed by atoms with Gasteiger partial charge in [-0.25, -0.2) is 9.59 Å². The van der Waals surface area contributed by atoms with Gasteiger partial charge < -0.3 is 15.3 Å². The zero-order chi connectivity index (χ0) is 14.3. The second-order valence-corrected chi connectivity index (χ2v) is 4.24. The summed E-state index contributed by atoms with van der Waals surface area (Å²) >= 11 is 0. The normalized spacial score (nSPS) is 11.7. The molecule has 0 aromatic carbocycles. The first kappa shape index (κ1) is 14.9. The van der Waals surface area contributed by atoms with Crippen molar-refractivity contribution in [3.8, 4) is 0 Å². The Morgan fingerprint density at radius 2 is 2.21 bits per heavy atom. The topological polar surface area (TPSA) is 82.5 Å². The van der Waals surface area contributed by atoms with Crippen LogP contribution in [0.3, 0.4) is 0 Å². The Balaban J connectivity index is 2.42. The van der Waals surface area contributed by atoms with Crippen LogP contribution < -0.4 is 5.32 Å². The minimum Gasteiger partial charge on any atom is -0.480 e. The van der Waals surface area contributed by atoms with E-state index in [1.165, 1.54) is 4.90 Å². The highest BCUT2D eigenvalue weighted by Crippen LogP contribution is 1.98. The van der Waals surface area contributed by atoms with Crippen molar-refractivity contribution in [2.24, 2.45) is 0 Å². The Morgan fingerprint density at radius 1 is 1.47 bits per heavy atom. The molecular weight excluding hydrogens is 246 g/mol. The largest absolute Gasteiger partial charge is 0.480 e. The predicted molar refractivity (Wildman–Crippen MR) is 70.8 cm³/mol. The number of carbonyl (C=O) groups excluding carboxylic acids is 1. The van der Waals surface area contributed by atoms with Gasteiger partial charge in [0.2, 0.25) is 0 Å². The van der Waals surface area contributed by atoms with E-state index in [4.69, 9.17) is 5.11 Å². The molecule has 0 saturated carbocycles. The number of nitrogens with one attached hydrogen (secondary N) is 1. The van der Waals surface area contributed by atoms with E-state index >= 15 is 0 Å². The summed E-state index contributed by atoms with van der Waals surface area (Å²) in [6.07, 6.45) is 2.69. The van der Waals surface area contributed by atoms with Gasteiger partial charge in [-0.05, 0) is 18.6 Å². The molecule has 0 fully saturated rings. The maximum atomic E-state index is 11.8. The van der Waals surface area contributed by atoms with Crippen LogP contribution in [0.25, 0.3) is 0 Å². The highest BCUT2D eigenvalue weighted by atomic mass is 16.4. The van der Waals surface area contributed by atoms with E-state index in [-0.39, 0.29) is 6.03 Å². The third-order valence-corrected chi connectivity index (χ3v) is 2.78. The van der Waals surface area contributed by atoms with Gasteiger partial charge in [0.05, 0.1) is 0 Å². The van der Waals surface area contributed by atoms with Crippen LogP contribution in [0.2, 0.25) is 0 Å². The van der Waals surface area contributed by atoms with Crippen LogP contribution in [0.4, 0.5) is 4.79 Å². The van der Waals surface area contributed by atoms with Crippen molar-refractivity contribution in [2.75, 3.05) is 13.6 Å². The van der Waals surface area contributed by atoms with Gasteiger partial charge in [0.15, 0.2) is 0 Å². The molecule has 6 heteroatoms. The molecule has 0 aliphatic heterocycles.